The number of hydrogen-bond acceptors (Lipinski definition) is 6. The first-order valence-corrected chi connectivity index (χ1v) is 12.5. The zero-order valence-electron chi connectivity index (χ0n) is 18.1. The first-order chi connectivity index (χ1) is 13.6. The van der Waals surface area contributed by atoms with Crippen molar-refractivity contribution < 1.29 is 32.7 Å². The number of rotatable bonds is 23. The van der Waals surface area contributed by atoms with Gasteiger partial charge in [0.25, 0.3) is 0 Å². The predicted molar refractivity (Wildman–Crippen MR) is 112 cm³/mol. The van der Waals surface area contributed by atoms with Gasteiger partial charge in [-0.2, -0.15) is 0 Å². The van der Waals surface area contributed by atoms with Gasteiger partial charge in [0.2, 0.25) is 0 Å². The minimum atomic E-state index is -3.91. The van der Waals surface area contributed by atoms with Crippen molar-refractivity contribution in [1.82, 2.24) is 0 Å². The smallest absolute Gasteiger partial charge is 0.379 e. The Morgan fingerprint density at radius 1 is 0.571 bits per heavy atom. The van der Waals surface area contributed by atoms with Gasteiger partial charge < -0.3 is 19.1 Å². The first kappa shape index (κ1) is 28.0. The van der Waals surface area contributed by atoms with E-state index in [1.807, 2.05) is 0 Å². The van der Waals surface area contributed by atoms with Crippen LogP contribution in [0, 0.1) is 0 Å². The Kier molecular flexibility index (Phi) is 21.7. The molecule has 0 amide bonds. The van der Waals surface area contributed by atoms with Crippen LogP contribution in [0.15, 0.2) is 0 Å². The first-order valence-electron chi connectivity index (χ1n) is 11.0. The molecular weight excluding hydrogens is 383 g/mol. The number of hydrogen-bond donors (Lipinski definition) is 1. The molecule has 0 aliphatic rings. The van der Waals surface area contributed by atoms with Gasteiger partial charge in [-0.25, -0.2) is 4.57 Å². The monoisotopic (exact) mass is 426 g/mol. The zero-order chi connectivity index (χ0) is 20.8. The second-order valence-corrected chi connectivity index (χ2v) is 8.19. The van der Waals surface area contributed by atoms with E-state index in [0.717, 1.165) is 13.0 Å². The Morgan fingerprint density at radius 2 is 1.00 bits per heavy atom. The van der Waals surface area contributed by atoms with Crippen molar-refractivity contribution in [3.05, 3.63) is 0 Å². The van der Waals surface area contributed by atoms with Crippen molar-refractivity contribution in [3.63, 3.8) is 0 Å². The minimum absolute atomic E-state index is 0.00967. The van der Waals surface area contributed by atoms with E-state index in [1.54, 1.807) is 6.92 Å². The Bertz CT molecular complexity index is 355. The molecule has 0 aromatic heterocycles. The molecule has 0 fully saturated rings. The summed E-state index contributed by atoms with van der Waals surface area (Å²) in [6, 6.07) is 0. The van der Waals surface area contributed by atoms with E-state index >= 15 is 0 Å². The average molecular weight is 427 g/mol. The van der Waals surface area contributed by atoms with Crippen molar-refractivity contribution in [3.8, 4) is 0 Å². The van der Waals surface area contributed by atoms with Crippen molar-refractivity contribution >= 4 is 7.82 Å². The minimum Gasteiger partial charge on any atom is -0.379 e. The van der Waals surface area contributed by atoms with Crippen LogP contribution in [0.2, 0.25) is 0 Å². The SMILES string of the molecule is CCCCCCCCCCCCOCCOCCOCCOP(=O)(O)OCC. The molecule has 0 spiro atoms. The van der Waals surface area contributed by atoms with E-state index in [1.165, 1.54) is 57.8 Å². The lowest BCUT2D eigenvalue weighted by atomic mass is 10.1. The molecule has 170 valence electrons. The van der Waals surface area contributed by atoms with Gasteiger partial charge in [0.05, 0.1) is 46.2 Å². The number of ether oxygens (including phenoxy) is 3. The van der Waals surface area contributed by atoms with Gasteiger partial charge in [0.1, 0.15) is 0 Å². The van der Waals surface area contributed by atoms with Crippen LogP contribution in [-0.4, -0.2) is 57.7 Å². The Balaban J connectivity index is 3.10. The second-order valence-electron chi connectivity index (χ2n) is 6.74. The van der Waals surface area contributed by atoms with Crippen LogP contribution in [0.1, 0.15) is 78.1 Å². The molecule has 0 saturated heterocycles. The number of phosphoric ester groups is 1. The summed E-state index contributed by atoms with van der Waals surface area (Å²) in [7, 11) is -3.91. The zero-order valence-corrected chi connectivity index (χ0v) is 19.0. The maximum Gasteiger partial charge on any atom is 0.472 e. The van der Waals surface area contributed by atoms with E-state index in [9.17, 15) is 9.46 Å². The van der Waals surface area contributed by atoms with Crippen LogP contribution in [0.5, 0.6) is 0 Å². The second kappa shape index (κ2) is 21.7. The molecule has 0 aliphatic heterocycles. The molecule has 0 heterocycles. The lowest BCUT2D eigenvalue weighted by molar-refractivity contribution is 0.00628. The molecular formula is C20H43O7P. The summed E-state index contributed by atoms with van der Waals surface area (Å²) in [4.78, 5) is 9.18. The van der Waals surface area contributed by atoms with Gasteiger partial charge >= 0.3 is 7.82 Å². The van der Waals surface area contributed by atoms with Crippen molar-refractivity contribution in [2.24, 2.45) is 0 Å². The fourth-order valence-corrected chi connectivity index (χ4v) is 3.35. The normalized spacial score (nSPS) is 13.7. The fraction of sp³-hybridized carbons (Fsp3) is 1.00. The molecule has 0 rings (SSSR count). The third-order valence-corrected chi connectivity index (χ3v) is 5.25. The number of unbranched alkanes of at least 4 members (excludes halogenated alkanes) is 9. The van der Waals surface area contributed by atoms with E-state index in [-0.39, 0.29) is 19.8 Å². The highest BCUT2D eigenvalue weighted by atomic mass is 31.2. The fourth-order valence-electron chi connectivity index (χ4n) is 2.65. The van der Waals surface area contributed by atoms with E-state index in [0.29, 0.717) is 26.4 Å². The summed E-state index contributed by atoms with van der Waals surface area (Å²) in [6.45, 7) is 7.06. The highest BCUT2D eigenvalue weighted by molar-refractivity contribution is 7.47. The number of phosphoric acid groups is 1. The topological polar surface area (TPSA) is 83.5 Å². The van der Waals surface area contributed by atoms with Gasteiger partial charge in [-0.05, 0) is 13.3 Å². The van der Waals surface area contributed by atoms with E-state index in [2.05, 4.69) is 11.4 Å². The largest absolute Gasteiger partial charge is 0.472 e. The third kappa shape index (κ3) is 22.3. The molecule has 0 bridgehead atoms. The quantitative estimate of drug-likeness (QED) is 0.179. The summed E-state index contributed by atoms with van der Waals surface area (Å²) >= 11 is 0. The Labute approximate surface area is 172 Å². The molecule has 0 aromatic rings. The molecule has 8 heteroatoms. The predicted octanol–water partition coefficient (Wildman–Crippen LogP) is 5.11. The van der Waals surface area contributed by atoms with Crippen LogP contribution in [-0.2, 0) is 27.8 Å². The lowest BCUT2D eigenvalue weighted by Crippen LogP contribution is -2.12. The van der Waals surface area contributed by atoms with Gasteiger partial charge in [-0.15, -0.1) is 0 Å². The van der Waals surface area contributed by atoms with Crippen molar-refractivity contribution in [1.29, 1.82) is 0 Å². The van der Waals surface area contributed by atoms with E-state index < -0.39 is 7.82 Å². The van der Waals surface area contributed by atoms with Crippen molar-refractivity contribution in [2.75, 3.05) is 52.9 Å². The van der Waals surface area contributed by atoms with Crippen LogP contribution in [0.4, 0.5) is 0 Å². The molecule has 0 radical (unpaired) electrons. The molecule has 0 saturated carbocycles. The van der Waals surface area contributed by atoms with Gasteiger partial charge in [-0.3, -0.25) is 9.05 Å². The Hall–Kier alpha value is -0.0100. The summed E-state index contributed by atoms with van der Waals surface area (Å²) in [5.74, 6) is 0. The maximum atomic E-state index is 11.2. The summed E-state index contributed by atoms with van der Waals surface area (Å²) in [5, 5.41) is 0. The Morgan fingerprint density at radius 3 is 1.50 bits per heavy atom. The van der Waals surface area contributed by atoms with Gasteiger partial charge in [0, 0.05) is 6.61 Å². The molecule has 1 N–H and O–H groups in total. The maximum absolute atomic E-state index is 11.2. The van der Waals surface area contributed by atoms with E-state index in [4.69, 9.17) is 18.7 Å². The van der Waals surface area contributed by atoms with Crippen molar-refractivity contribution in [2.45, 2.75) is 78.1 Å². The van der Waals surface area contributed by atoms with Crippen LogP contribution in [0.3, 0.4) is 0 Å². The molecule has 0 aliphatic carbocycles. The average Bonchev–Trinajstić information content (AvgIpc) is 2.66. The molecule has 0 aromatic carbocycles. The van der Waals surface area contributed by atoms with Gasteiger partial charge in [-0.1, -0.05) is 64.7 Å². The summed E-state index contributed by atoms with van der Waals surface area (Å²) < 4.78 is 36.7. The highest BCUT2D eigenvalue weighted by Gasteiger charge is 2.18. The molecule has 1 unspecified atom stereocenters. The standard InChI is InChI=1S/C20H43O7P/c1-3-5-6-7-8-9-10-11-12-13-14-23-15-16-24-17-18-25-19-20-27-28(21,22)26-4-2/h3-20H2,1-2H3,(H,21,22). The highest BCUT2D eigenvalue weighted by Crippen LogP contribution is 2.42. The van der Waals surface area contributed by atoms with Crippen LogP contribution < -0.4 is 0 Å². The lowest BCUT2D eigenvalue weighted by Gasteiger charge is -2.11. The van der Waals surface area contributed by atoms with Gasteiger partial charge in [0.15, 0.2) is 0 Å². The third-order valence-electron chi connectivity index (χ3n) is 4.16. The summed E-state index contributed by atoms with van der Waals surface area (Å²) in [6.07, 6.45) is 13.3. The molecule has 28 heavy (non-hydrogen) atoms. The van der Waals surface area contributed by atoms with Crippen LogP contribution in [0.25, 0.3) is 0 Å². The molecule has 7 nitrogen and oxygen atoms in total. The summed E-state index contributed by atoms with van der Waals surface area (Å²) in [5.41, 5.74) is 0. The van der Waals surface area contributed by atoms with Crippen LogP contribution >= 0.6 is 7.82 Å². The molecule has 1 atom stereocenters.